The van der Waals surface area contributed by atoms with Crippen molar-refractivity contribution in [3.05, 3.63) is 72.3 Å². The Morgan fingerprint density at radius 1 is 0.879 bits per heavy atom. The lowest BCUT2D eigenvalue weighted by Crippen LogP contribution is -2.30. The lowest BCUT2D eigenvalue weighted by molar-refractivity contribution is -0.118. The molecule has 0 unspecified atom stereocenters. The minimum absolute atomic E-state index is 0.0101. The molecule has 1 heterocycles. The van der Waals surface area contributed by atoms with E-state index in [4.69, 9.17) is 4.74 Å². The van der Waals surface area contributed by atoms with Crippen LogP contribution < -0.4 is 10.1 Å². The minimum Gasteiger partial charge on any atom is -0.484 e. The van der Waals surface area contributed by atoms with Crippen LogP contribution in [0.1, 0.15) is 31.1 Å². The van der Waals surface area contributed by atoms with Crippen LogP contribution in [0.3, 0.4) is 0 Å². The first-order valence-electron chi connectivity index (χ1n) is 11.4. The molecule has 0 aliphatic rings. The fraction of sp³-hybridized carbons (Fsp3) is 0.259. The Kier molecular flexibility index (Phi) is 6.63. The van der Waals surface area contributed by atoms with Crippen LogP contribution in [0.2, 0.25) is 0 Å². The predicted octanol–water partition coefficient (Wildman–Crippen LogP) is 5.31. The molecule has 1 aromatic heterocycles. The number of nitrogens with one attached hydrogen (secondary N) is 1. The number of aromatic nitrogens is 1. The minimum atomic E-state index is -0.239. The van der Waals surface area contributed by atoms with Gasteiger partial charge in [0.05, 0.1) is 0 Å². The van der Waals surface area contributed by atoms with Gasteiger partial charge in [0.2, 0.25) is 0 Å². The van der Waals surface area contributed by atoms with Gasteiger partial charge < -0.3 is 19.5 Å². The zero-order chi connectivity index (χ0) is 23.4. The fourth-order valence-corrected chi connectivity index (χ4v) is 4.21. The van der Waals surface area contributed by atoms with E-state index >= 15 is 0 Å². The molecule has 0 aliphatic heterocycles. The number of carbonyl (C=O) groups excluding carboxylic acids is 2. The molecule has 0 radical (unpaired) electrons. The van der Waals surface area contributed by atoms with Gasteiger partial charge in [0.1, 0.15) is 5.75 Å². The molecule has 0 atom stereocenters. The van der Waals surface area contributed by atoms with Crippen molar-refractivity contribution in [2.75, 3.05) is 25.0 Å². The monoisotopic (exact) mass is 443 g/mol. The van der Waals surface area contributed by atoms with Gasteiger partial charge in [0, 0.05) is 52.7 Å². The number of anilines is 1. The maximum absolute atomic E-state index is 12.5. The fourth-order valence-electron chi connectivity index (χ4n) is 4.21. The number of hydrogen-bond acceptors (Lipinski definition) is 3. The molecule has 0 spiro atoms. The Morgan fingerprint density at radius 3 is 2.27 bits per heavy atom. The van der Waals surface area contributed by atoms with Gasteiger partial charge in [0.15, 0.2) is 6.61 Å². The van der Waals surface area contributed by atoms with Gasteiger partial charge in [-0.1, -0.05) is 18.2 Å². The second kappa shape index (κ2) is 9.77. The highest BCUT2D eigenvalue weighted by Gasteiger charge is 2.13. The molecule has 33 heavy (non-hydrogen) atoms. The zero-order valence-corrected chi connectivity index (χ0v) is 19.3. The molecule has 0 bridgehead atoms. The number of para-hydroxylation sites is 1. The highest BCUT2D eigenvalue weighted by molar-refractivity contribution is 6.09. The molecular weight excluding hydrogens is 414 g/mol. The average molecular weight is 444 g/mol. The van der Waals surface area contributed by atoms with Crippen LogP contribution in [-0.2, 0) is 11.3 Å². The van der Waals surface area contributed by atoms with Gasteiger partial charge in [-0.3, -0.25) is 9.59 Å². The van der Waals surface area contributed by atoms with Gasteiger partial charge in [-0.2, -0.15) is 0 Å². The van der Waals surface area contributed by atoms with Gasteiger partial charge in [0.25, 0.3) is 11.8 Å². The summed E-state index contributed by atoms with van der Waals surface area (Å²) in [5.74, 6) is 0.295. The largest absolute Gasteiger partial charge is 0.484 e. The number of rotatable bonds is 8. The second-order valence-corrected chi connectivity index (χ2v) is 7.83. The summed E-state index contributed by atoms with van der Waals surface area (Å²) >= 11 is 0. The van der Waals surface area contributed by atoms with Crippen LogP contribution in [0.15, 0.2) is 66.7 Å². The lowest BCUT2D eigenvalue weighted by Gasteiger charge is -2.18. The van der Waals surface area contributed by atoms with E-state index in [0.29, 0.717) is 24.4 Å². The molecule has 4 rings (SSSR count). The summed E-state index contributed by atoms with van der Waals surface area (Å²) in [5.41, 5.74) is 3.67. The third-order valence-electron chi connectivity index (χ3n) is 5.89. The molecule has 2 amide bonds. The third kappa shape index (κ3) is 4.55. The zero-order valence-electron chi connectivity index (χ0n) is 19.3. The maximum atomic E-state index is 12.5. The van der Waals surface area contributed by atoms with Gasteiger partial charge >= 0.3 is 0 Å². The van der Waals surface area contributed by atoms with Gasteiger partial charge in [-0.05, 0) is 69.3 Å². The van der Waals surface area contributed by atoms with Crippen LogP contribution in [0.25, 0.3) is 21.8 Å². The Bertz CT molecular complexity index is 1290. The van der Waals surface area contributed by atoms with Crippen molar-refractivity contribution in [1.82, 2.24) is 9.47 Å². The molecule has 3 aromatic carbocycles. The van der Waals surface area contributed by atoms with Crippen molar-refractivity contribution in [2.24, 2.45) is 0 Å². The molecule has 0 saturated carbocycles. The number of hydrogen-bond donors (Lipinski definition) is 1. The smallest absolute Gasteiger partial charge is 0.262 e. The van der Waals surface area contributed by atoms with Crippen molar-refractivity contribution in [1.29, 1.82) is 0 Å². The van der Waals surface area contributed by atoms with Crippen molar-refractivity contribution in [3.8, 4) is 5.75 Å². The summed E-state index contributed by atoms with van der Waals surface area (Å²) in [6.07, 6.45) is 0. The predicted molar refractivity (Wildman–Crippen MR) is 133 cm³/mol. The number of carbonyl (C=O) groups is 2. The summed E-state index contributed by atoms with van der Waals surface area (Å²) < 4.78 is 7.90. The number of aryl methyl sites for hydroxylation is 1. The number of benzene rings is 3. The Balaban J connectivity index is 1.42. The summed E-state index contributed by atoms with van der Waals surface area (Å²) in [7, 11) is 0. The molecule has 4 aromatic rings. The van der Waals surface area contributed by atoms with E-state index < -0.39 is 0 Å². The van der Waals surface area contributed by atoms with Crippen molar-refractivity contribution < 1.29 is 14.3 Å². The first-order valence-corrected chi connectivity index (χ1v) is 11.4. The van der Waals surface area contributed by atoms with E-state index in [9.17, 15) is 9.59 Å². The highest BCUT2D eigenvalue weighted by Crippen LogP contribution is 2.31. The van der Waals surface area contributed by atoms with E-state index in [1.54, 1.807) is 29.2 Å². The van der Waals surface area contributed by atoms with Crippen LogP contribution >= 0.6 is 0 Å². The number of amides is 2. The van der Waals surface area contributed by atoms with Gasteiger partial charge in [-0.15, -0.1) is 0 Å². The standard InChI is InChI=1S/C27H29N3O3/c1-4-29(5-2)27(32)19-11-14-21(15-12-19)33-18-26(31)28-20-13-16-25-23(17-20)22-9-7-8-10-24(22)30(25)6-3/h7-17H,4-6,18H2,1-3H3,(H,28,31). The summed E-state index contributed by atoms with van der Waals surface area (Å²) in [5, 5.41) is 5.20. The van der Waals surface area contributed by atoms with E-state index in [1.165, 1.54) is 10.9 Å². The molecule has 0 fully saturated rings. The first kappa shape index (κ1) is 22.4. The number of ether oxygens (including phenoxy) is 1. The molecule has 6 nitrogen and oxygen atoms in total. The summed E-state index contributed by atoms with van der Waals surface area (Å²) in [4.78, 5) is 26.7. The highest BCUT2D eigenvalue weighted by atomic mass is 16.5. The Labute approximate surface area is 193 Å². The van der Waals surface area contributed by atoms with Gasteiger partial charge in [-0.25, -0.2) is 0 Å². The second-order valence-electron chi connectivity index (χ2n) is 7.83. The van der Waals surface area contributed by atoms with Crippen molar-refractivity contribution in [3.63, 3.8) is 0 Å². The molecule has 170 valence electrons. The Hall–Kier alpha value is -3.80. The normalized spacial score (nSPS) is 11.0. The molecular formula is C27H29N3O3. The summed E-state index contributed by atoms with van der Waals surface area (Å²) in [6, 6.07) is 21.2. The van der Waals surface area contributed by atoms with Crippen molar-refractivity contribution >= 4 is 39.3 Å². The van der Waals surface area contributed by atoms with E-state index in [0.717, 1.165) is 23.1 Å². The maximum Gasteiger partial charge on any atom is 0.262 e. The lowest BCUT2D eigenvalue weighted by atomic mass is 10.1. The van der Waals surface area contributed by atoms with E-state index in [-0.39, 0.29) is 18.4 Å². The van der Waals surface area contributed by atoms with Crippen molar-refractivity contribution in [2.45, 2.75) is 27.3 Å². The molecule has 0 aliphatic carbocycles. The molecule has 6 heteroatoms. The SMILES string of the molecule is CCN(CC)C(=O)c1ccc(OCC(=O)Nc2ccc3c(c2)c2ccccc2n3CC)cc1. The van der Waals surface area contributed by atoms with E-state index in [1.807, 2.05) is 44.2 Å². The molecule has 0 saturated heterocycles. The number of nitrogens with zero attached hydrogens (tertiary/aromatic N) is 2. The average Bonchev–Trinajstić information content (AvgIpc) is 3.16. The van der Waals surface area contributed by atoms with Crippen LogP contribution in [0, 0.1) is 0 Å². The Morgan fingerprint density at radius 2 is 1.58 bits per heavy atom. The quantitative estimate of drug-likeness (QED) is 0.401. The van der Waals surface area contributed by atoms with E-state index in [2.05, 4.69) is 28.9 Å². The topological polar surface area (TPSA) is 63.6 Å². The third-order valence-corrected chi connectivity index (χ3v) is 5.89. The first-order chi connectivity index (χ1) is 16.0. The van der Waals surface area contributed by atoms with Crippen LogP contribution in [0.4, 0.5) is 5.69 Å². The number of fused-ring (bicyclic) bond motifs is 3. The van der Waals surface area contributed by atoms with Crippen LogP contribution in [0.5, 0.6) is 5.75 Å². The van der Waals surface area contributed by atoms with Crippen LogP contribution in [-0.4, -0.2) is 41.0 Å². The molecule has 1 N–H and O–H groups in total. The summed E-state index contributed by atoms with van der Waals surface area (Å²) in [6.45, 7) is 8.14.